The molecule has 116 valence electrons. The first-order valence-electron chi connectivity index (χ1n) is 6.55. The van der Waals surface area contributed by atoms with E-state index in [2.05, 4.69) is 19.8 Å². The second-order valence-electron chi connectivity index (χ2n) is 3.84. The van der Waals surface area contributed by atoms with Gasteiger partial charge in [-0.3, -0.25) is 0 Å². The predicted octanol–water partition coefficient (Wildman–Crippen LogP) is 4.07. The fraction of sp³-hybridized carbons (Fsp3) is 0.214. The van der Waals surface area contributed by atoms with Crippen LogP contribution in [0.3, 0.4) is 0 Å². The van der Waals surface area contributed by atoms with E-state index in [0.717, 1.165) is 0 Å². The third kappa shape index (κ3) is 3.48. The van der Waals surface area contributed by atoms with Crippen molar-refractivity contribution in [2.45, 2.75) is 20.5 Å². The van der Waals surface area contributed by atoms with E-state index in [9.17, 15) is 8.78 Å². The molecule has 2 aromatic heterocycles. The molecule has 0 saturated carbocycles. The molecule has 0 aliphatic rings. The second kappa shape index (κ2) is 7.13. The minimum Gasteiger partial charge on any atom is -0.435 e. The van der Waals surface area contributed by atoms with Gasteiger partial charge in [0.15, 0.2) is 0 Å². The molecule has 0 N–H and O–H groups in total. The molecule has 5 nitrogen and oxygen atoms in total. The van der Waals surface area contributed by atoms with Crippen LogP contribution in [0.1, 0.15) is 13.8 Å². The topological polar surface area (TPSA) is 52.3 Å². The zero-order chi connectivity index (χ0) is 16.1. The van der Waals surface area contributed by atoms with Crippen molar-refractivity contribution in [3.05, 3.63) is 41.8 Å². The summed E-state index contributed by atoms with van der Waals surface area (Å²) < 4.78 is 29.8. The monoisotopic (exact) mass is 326 g/mol. The summed E-state index contributed by atoms with van der Waals surface area (Å²) in [4.78, 5) is 8.23. The Morgan fingerprint density at radius 2 is 1.86 bits per heavy atom. The summed E-state index contributed by atoms with van der Waals surface area (Å²) in [6.45, 7) is 1.15. The van der Waals surface area contributed by atoms with Gasteiger partial charge >= 0.3 is 6.61 Å². The largest absolute Gasteiger partial charge is 0.435 e. The molecule has 0 unspecified atom stereocenters. The quantitative estimate of drug-likeness (QED) is 0.681. The summed E-state index contributed by atoms with van der Waals surface area (Å²) in [5.74, 6) is 0.443. The number of benzene rings is 1. The lowest BCUT2D eigenvalue weighted by Gasteiger charge is -2.06. The van der Waals surface area contributed by atoms with Crippen LogP contribution in [-0.2, 0) is 0 Å². The summed E-state index contributed by atoms with van der Waals surface area (Å²) in [5.41, 5.74) is 1.28. The molecule has 0 atom stereocenters. The van der Waals surface area contributed by atoms with Gasteiger partial charge in [-0.2, -0.15) is 23.4 Å². The molecule has 0 fully saturated rings. The smallest absolute Gasteiger partial charge is 0.387 e. The van der Waals surface area contributed by atoms with E-state index < -0.39 is 6.61 Å². The number of halogens is 3. The maximum absolute atomic E-state index is 12.1. The lowest BCUT2D eigenvalue weighted by Crippen LogP contribution is -2.01. The van der Waals surface area contributed by atoms with Gasteiger partial charge in [0.05, 0.1) is 5.69 Å². The van der Waals surface area contributed by atoms with Crippen molar-refractivity contribution in [2.75, 3.05) is 0 Å². The number of ether oxygens (including phenoxy) is 1. The fourth-order valence-electron chi connectivity index (χ4n) is 1.73. The van der Waals surface area contributed by atoms with Crippen molar-refractivity contribution < 1.29 is 13.5 Å². The van der Waals surface area contributed by atoms with Gasteiger partial charge in [-0.25, -0.2) is 4.98 Å². The standard InChI is InChI=1S/C12H7ClF2N4O.C2H6/c13-10-5-9(18-12-16-6-17-19(10)12)7-1-3-8(4-2-7)20-11(14)15;1-2/h1-6,11H;1-2H3. The Hall–Kier alpha value is -2.28. The van der Waals surface area contributed by atoms with Crippen LogP contribution in [0, 0.1) is 0 Å². The summed E-state index contributed by atoms with van der Waals surface area (Å²) in [7, 11) is 0. The van der Waals surface area contributed by atoms with Gasteiger partial charge in [0.2, 0.25) is 0 Å². The molecule has 22 heavy (non-hydrogen) atoms. The molecule has 0 spiro atoms. The number of hydrogen-bond acceptors (Lipinski definition) is 4. The molecule has 0 aliphatic heterocycles. The Morgan fingerprint density at radius 1 is 1.18 bits per heavy atom. The van der Waals surface area contributed by atoms with Gasteiger partial charge in [-0.05, 0) is 24.3 Å². The van der Waals surface area contributed by atoms with Crippen molar-refractivity contribution in [1.29, 1.82) is 0 Å². The number of fused-ring (bicyclic) bond motifs is 1. The average Bonchev–Trinajstić information content (AvgIpc) is 2.98. The highest BCUT2D eigenvalue weighted by Gasteiger charge is 2.09. The molecule has 2 heterocycles. The fourth-order valence-corrected chi connectivity index (χ4v) is 1.95. The molecule has 1 aromatic carbocycles. The summed E-state index contributed by atoms with van der Waals surface area (Å²) in [6.07, 6.45) is 1.34. The van der Waals surface area contributed by atoms with Gasteiger partial charge in [-0.1, -0.05) is 25.4 Å². The number of alkyl halides is 2. The van der Waals surface area contributed by atoms with Gasteiger partial charge in [-0.15, -0.1) is 0 Å². The van der Waals surface area contributed by atoms with Crippen molar-refractivity contribution in [2.24, 2.45) is 0 Å². The first kappa shape index (κ1) is 16.1. The number of rotatable bonds is 3. The van der Waals surface area contributed by atoms with Crippen LogP contribution in [-0.4, -0.2) is 26.2 Å². The van der Waals surface area contributed by atoms with E-state index in [-0.39, 0.29) is 5.75 Å². The Morgan fingerprint density at radius 3 is 2.50 bits per heavy atom. The third-order valence-corrected chi connectivity index (χ3v) is 2.85. The number of aromatic nitrogens is 4. The summed E-state index contributed by atoms with van der Waals surface area (Å²) in [5, 5.41) is 4.26. The second-order valence-corrected chi connectivity index (χ2v) is 4.23. The molecule has 3 rings (SSSR count). The van der Waals surface area contributed by atoms with Crippen LogP contribution in [0.25, 0.3) is 17.0 Å². The van der Waals surface area contributed by atoms with Gasteiger partial charge < -0.3 is 4.74 Å². The summed E-state index contributed by atoms with van der Waals surface area (Å²) in [6, 6.07) is 7.72. The Bertz CT molecular complexity index is 746. The van der Waals surface area contributed by atoms with E-state index in [4.69, 9.17) is 11.6 Å². The van der Waals surface area contributed by atoms with Crippen molar-refractivity contribution in [1.82, 2.24) is 19.6 Å². The predicted molar refractivity (Wildman–Crippen MR) is 79.2 cm³/mol. The van der Waals surface area contributed by atoms with Crippen molar-refractivity contribution in [3.63, 3.8) is 0 Å². The molecule has 0 radical (unpaired) electrons. The first-order chi connectivity index (χ1) is 10.6. The van der Waals surface area contributed by atoms with E-state index in [1.165, 1.54) is 23.0 Å². The molecule has 0 amide bonds. The van der Waals surface area contributed by atoms with Crippen LogP contribution in [0.4, 0.5) is 8.78 Å². The van der Waals surface area contributed by atoms with E-state index in [1.54, 1.807) is 18.2 Å². The minimum atomic E-state index is -2.85. The third-order valence-electron chi connectivity index (χ3n) is 2.58. The van der Waals surface area contributed by atoms with E-state index in [1.807, 2.05) is 13.8 Å². The Balaban J connectivity index is 0.000000847. The summed E-state index contributed by atoms with van der Waals surface area (Å²) >= 11 is 6.05. The molecule has 8 heteroatoms. The van der Waals surface area contributed by atoms with Gasteiger partial charge in [0.1, 0.15) is 17.2 Å². The van der Waals surface area contributed by atoms with Crippen LogP contribution < -0.4 is 4.74 Å². The van der Waals surface area contributed by atoms with E-state index in [0.29, 0.717) is 22.2 Å². The normalized spacial score (nSPS) is 10.5. The van der Waals surface area contributed by atoms with Crippen LogP contribution in [0.5, 0.6) is 5.75 Å². The molecule has 0 saturated heterocycles. The Kier molecular flexibility index (Phi) is 5.21. The van der Waals surface area contributed by atoms with Crippen LogP contribution in [0.2, 0.25) is 5.15 Å². The maximum atomic E-state index is 12.1. The van der Waals surface area contributed by atoms with Gasteiger partial charge in [0.25, 0.3) is 5.78 Å². The first-order valence-corrected chi connectivity index (χ1v) is 6.93. The molecule has 3 aromatic rings. The zero-order valence-electron chi connectivity index (χ0n) is 11.9. The van der Waals surface area contributed by atoms with Gasteiger partial charge in [0, 0.05) is 11.6 Å². The van der Waals surface area contributed by atoms with Crippen LogP contribution in [0.15, 0.2) is 36.7 Å². The molecular weight excluding hydrogens is 314 g/mol. The van der Waals surface area contributed by atoms with Crippen LogP contribution >= 0.6 is 11.6 Å². The highest BCUT2D eigenvalue weighted by Crippen LogP contribution is 2.24. The highest BCUT2D eigenvalue weighted by molar-refractivity contribution is 6.29. The van der Waals surface area contributed by atoms with Crippen molar-refractivity contribution >= 4 is 17.4 Å². The lowest BCUT2D eigenvalue weighted by atomic mass is 10.1. The average molecular weight is 327 g/mol. The minimum absolute atomic E-state index is 0.0819. The maximum Gasteiger partial charge on any atom is 0.387 e. The number of nitrogens with zero attached hydrogens (tertiary/aromatic N) is 4. The Labute approximate surface area is 130 Å². The number of hydrogen-bond donors (Lipinski definition) is 0. The lowest BCUT2D eigenvalue weighted by molar-refractivity contribution is -0.0498. The highest BCUT2D eigenvalue weighted by atomic mass is 35.5. The SMILES string of the molecule is CC.FC(F)Oc1ccc(-c2cc(Cl)n3ncnc3n2)cc1. The molecule has 0 bridgehead atoms. The zero-order valence-corrected chi connectivity index (χ0v) is 12.6. The molecule has 0 aliphatic carbocycles. The molecular formula is C14H13ClF2N4O. The van der Waals surface area contributed by atoms with E-state index >= 15 is 0 Å². The van der Waals surface area contributed by atoms with Crippen molar-refractivity contribution in [3.8, 4) is 17.0 Å².